The van der Waals surface area contributed by atoms with E-state index in [1.165, 1.54) is 12.8 Å². The van der Waals surface area contributed by atoms with Gasteiger partial charge in [0.25, 0.3) is 0 Å². The maximum absolute atomic E-state index is 12.1. The second-order valence-corrected chi connectivity index (χ2v) is 6.05. The van der Waals surface area contributed by atoms with E-state index < -0.39 is 0 Å². The van der Waals surface area contributed by atoms with Gasteiger partial charge in [-0.3, -0.25) is 4.79 Å². The van der Waals surface area contributed by atoms with Gasteiger partial charge in [-0.2, -0.15) is 0 Å². The van der Waals surface area contributed by atoms with E-state index in [0.29, 0.717) is 11.7 Å². The fourth-order valence-electron chi connectivity index (χ4n) is 2.34. The molecule has 1 atom stereocenters. The predicted octanol–water partition coefficient (Wildman–Crippen LogP) is 3.43. The summed E-state index contributed by atoms with van der Waals surface area (Å²) in [4.78, 5) is 12.1. The van der Waals surface area contributed by atoms with Gasteiger partial charge in [0.1, 0.15) is 5.78 Å². The Morgan fingerprint density at radius 1 is 1.31 bits per heavy atom. The van der Waals surface area contributed by atoms with Crippen LogP contribution >= 0.6 is 0 Å². The Hall–Kier alpha value is -0.330. The highest BCUT2D eigenvalue weighted by atomic mass is 16.1. The second-order valence-electron chi connectivity index (χ2n) is 6.05. The molecule has 0 radical (unpaired) electrons. The minimum absolute atomic E-state index is 0.160. The average molecular weight is 182 g/mol. The molecule has 0 saturated heterocycles. The Morgan fingerprint density at radius 2 is 1.85 bits per heavy atom. The van der Waals surface area contributed by atoms with E-state index in [2.05, 4.69) is 13.8 Å². The van der Waals surface area contributed by atoms with Crippen LogP contribution in [-0.2, 0) is 4.79 Å². The number of hydrogen-bond donors (Lipinski definition) is 0. The zero-order valence-electron chi connectivity index (χ0n) is 9.61. The van der Waals surface area contributed by atoms with E-state index in [1.807, 2.05) is 20.8 Å². The molecule has 1 rings (SSSR count). The Bertz CT molecular complexity index is 208. The van der Waals surface area contributed by atoms with Gasteiger partial charge in [-0.1, -0.05) is 41.0 Å². The summed E-state index contributed by atoms with van der Waals surface area (Å²) < 4.78 is 0. The van der Waals surface area contributed by atoms with E-state index in [1.54, 1.807) is 0 Å². The number of rotatable bonds is 1. The summed E-state index contributed by atoms with van der Waals surface area (Å²) >= 11 is 0. The normalized spacial score (nSPS) is 27.6. The minimum Gasteiger partial charge on any atom is -0.299 e. The van der Waals surface area contributed by atoms with Crippen molar-refractivity contribution in [2.75, 3.05) is 0 Å². The quantitative estimate of drug-likeness (QED) is 0.607. The molecule has 1 nitrogen and oxygen atoms in total. The molecule has 0 aliphatic heterocycles. The standard InChI is InChI=1S/C12H22O/c1-11(2,3)10(13)9-7-6-8-12(9,4)5/h9H,6-8H2,1-5H3. The largest absolute Gasteiger partial charge is 0.299 e. The van der Waals surface area contributed by atoms with Crippen molar-refractivity contribution in [2.24, 2.45) is 16.7 Å². The summed E-state index contributed by atoms with van der Waals surface area (Å²) in [5.41, 5.74) is 0.0800. The lowest BCUT2D eigenvalue weighted by Gasteiger charge is -2.31. The molecule has 0 spiro atoms. The van der Waals surface area contributed by atoms with Crippen LogP contribution in [0.15, 0.2) is 0 Å². The lowest BCUT2D eigenvalue weighted by Crippen LogP contribution is -2.34. The fourth-order valence-corrected chi connectivity index (χ4v) is 2.34. The summed E-state index contributed by atoms with van der Waals surface area (Å²) in [6, 6.07) is 0. The van der Waals surface area contributed by atoms with E-state index in [9.17, 15) is 4.79 Å². The fraction of sp³-hybridized carbons (Fsp3) is 0.917. The van der Waals surface area contributed by atoms with Crippen LogP contribution in [0.1, 0.15) is 53.9 Å². The minimum atomic E-state index is -0.160. The number of Topliss-reactive ketones (excluding diaryl/α,β-unsaturated/α-hetero) is 1. The lowest BCUT2D eigenvalue weighted by molar-refractivity contribution is -0.133. The van der Waals surface area contributed by atoms with E-state index in [-0.39, 0.29) is 10.8 Å². The average Bonchev–Trinajstić information content (AvgIpc) is 2.26. The maximum Gasteiger partial charge on any atom is 0.141 e. The molecule has 1 saturated carbocycles. The van der Waals surface area contributed by atoms with Crippen molar-refractivity contribution in [3.8, 4) is 0 Å². The van der Waals surface area contributed by atoms with Gasteiger partial charge in [0.15, 0.2) is 0 Å². The van der Waals surface area contributed by atoms with Crippen LogP contribution in [0, 0.1) is 16.7 Å². The van der Waals surface area contributed by atoms with Gasteiger partial charge in [0, 0.05) is 11.3 Å². The van der Waals surface area contributed by atoms with Crippen molar-refractivity contribution in [2.45, 2.75) is 53.9 Å². The first-order chi connectivity index (χ1) is 5.75. The van der Waals surface area contributed by atoms with Crippen LogP contribution in [0.25, 0.3) is 0 Å². The van der Waals surface area contributed by atoms with Crippen molar-refractivity contribution in [3.05, 3.63) is 0 Å². The Morgan fingerprint density at radius 3 is 2.15 bits per heavy atom. The molecule has 1 unspecified atom stereocenters. The number of hydrogen-bond acceptors (Lipinski definition) is 1. The Labute approximate surface area is 81.9 Å². The Kier molecular flexibility index (Phi) is 2.57. The predicted molar refractivity (Wildman–Crippen MR) is 55.6 cm³/mol. The van der Waals surface area contributed by atoms with Crippen LogP contribution < -0.4 is 0 Å². The van der Waals surface area contributed by atoms with Crippen molar-refractivity contribution in [3.63, 3.8) is 0 Å². The molecule has 0 aromatic carbocycles. The third-order valence-electron chi connectivity index (χ3n) is 3.31. The highest BCUT2D eigenvalue weighted by molar-refractivity contribution is 5.86. The molecule has 0 heterocycles. The van der Waals surface area contributed by atoms with Gasteiger partial charge in [0.2, 0.25) is 0 Å². The van der Waals surface area contributed by atoms with Crippen LogP contribution in [0.2, 0.25) is 0 Å². The third kappa shape index (κ3) is 2.12. The third-order valence-corrected chi connectivity index (χ3v) is 3.31. The van der Waals surface area contributed by atoms with E-state index in [0.717, 1.165) is 6.42 Å². The Balaban J connectivity index is 2.79. The zero-order chi connectivity index (χ0) is 10.3. The first kappa shape index (κ1) is 10.7. The van der Waals surface area contributed by atoms with Crippen molar-refractivity contribution < 1.29 is 4.79 Å². The van der Waals surface area contributed by atoms with E-state index >= 15 is 0 Å². The smallest absolute Gasteiger partial charge is 0.141 e. The molecule has 1 fully saturated rings. The summed E-state index contributed by atoms with van der Waals surface area (Å²) in [6.07, 6.45) is 3.53. The first-order valence-electron chi connectivity index (χ1n) is 5.29. The van der Waals surface area contributed by atoms with Gasteiger partial charge < -0.3 is 0 Å². The molecule has 0 aromatic rings. The van der Waals surface area contributed by atoms with Crippen molar-refractivity contribution in [1.29, 1.82) is 0 Å². The van der Waals surface area contributed by atoms with Crippen molar-refractivity contribution >= 4 is 5.78 Å². The van der Waals surface area contributed by atoms with Gasteiger partial charge in [-0.15, -0.1) is 0 Å². The molecule has 0 amide bonds. The van der Waals surface area contributed by atoms with Crippen LogP contribution in [0.3, 0.4) is 0 Å². The van der Waals surface area contributed by atoms with Gasteiger partial charge in [-0.25, -0.2) is 0 Å². The summed E-state index contributed by atoms with van der Waals surface area (Å²) in [6.45, 7) is 10.6. The lowest BCUT2D eigenvalue weighted by atomic mass is 9.72. The van der Waals surface area contributed by atoms with Crippen LogP contribution in [-0.4, -0.2) is 5.78 Å². The molecular formula is C12H22O. The highest BCUT2D eigenvalue weighted by Gasteiger charge is 2.42. The molecular weight excluding hydrogens is 160 g/mol. The van der Waals surface area contributed by atoms with Crippen molar-refractivity contribution in [1.82, 2.24) is 0 Å². The molecule has 1 heteroatoms. The first-order valence-corrected chi connectivity index (χ1v) is 5.29. The van der Waals surface area contributed by atoms with Crippen LogP contribution in [0.5, 0.6) is 0 Å². The van der Waals surface area contributed by atoms with Gasteiger partial charge in [0.05, 0.1) is 0 Å². The maximum atomic E-state index is 12.1. The molecule has 0 bridgehead atoms. The summed E-state index contributed by atoms with van der Waals surface area (Å²) in [5, 5.41) is 0. The zero-order valence-corrected chi connectivity index (χ0v) is 9.61. The van der Waals surface area contributed by atoms with Gasteiger partial charge >= 0.3 is 0 Å². The molecule has 76 valence electrons. The highest BCUT2D eigenvalue weighted by Crippen LogP contribution is 2.45. The number of carbonyl (C=O) groups is 1. The number of ketones is 1. The summed E-state index contributed by atoms with van der Waals surface area (Å²) in [7, 11) is 0. The SMILES string of the molecule is CC(C)(C)C(=O)C1CCCC1(C)C. The monoisotopic (exact) mass is 182 g/mol. The topological polar surface area (TPSA) is 17.1 Å². The molecule has 1 aliphatic carbocycles. The molecule has 1 aliphatic rings. The second kappa shape index (κ2) is 3.11. The van der Waals surface area contributed by atoms with E-state index in [4.69, 9.17) is 0 Å². The molecule has 13 heavy (non-hydrogen) atoms. The molecule has 0 N–H and O–H groups in total. The van der Waals surface area contributed by atoms with Gasteiger partial charge in [-0.05, 0) is 18.3 Å². The molecule has 0 aromatic heterocycles. The number of carbonyl (C=O) groups excluding carboxylic acids is 1. The summed E-state index contributed by atoms with van der Waals surface area (Å²) in [5.74, 6) is 0.752. The van der Waals surface area contributed by atoms with Crippen LogP contribution in [0.4, 0.5) is 0 Å².